The number of halogens is 7. The van der Waals surface area contributed by atoms with E-state index in [0.29, 0.717) is 23.9 Å². The molecule has 13 heteroatoms. The van der Waals surface area contributed by atoms with E-state index in [-0.39, 0.29) is 16.0 Å². The van der Waals surface area contributed by atoms with Crippen LogP contribution >= 0.6 is 23.4 Å². The molecule has 0 spiro atoms. The molecule has 0 N–H and O–H groups in total. The first-order valence-electron chi connectivity index (χ1n) is 8.01. The highest BCUT2D eigenvalue weighted by Crippen LogP contribution is 2.38. The topological polar surface area (TPSA) is 70.3 Å². The molecule has 0 radical (unpaired) electrons. The predicted octanol–water partition coefficient (Wildman–Crippen LogP) is 6.14. The highest BCUT2D eigenvalue weighted by Gasteiger charge is 2.37. The number of alkyl halides is 6. The molecule has 4 nitrogen and oxygen atoms in total. The van der Waals surface area contributed by atoms with Crippen LogP contribution in [0.3, 0.4) is 0 Å². The van der Waals surface area contributed by atoms with Gasteiger partial charge in [-0.25, -0.2) is 13.4 Å². The van der Waals surface area contributed by atoms with Gasteiger partial charge < -0.3 is 0 Å². The van der Waals surface area contributed by atoms with Gasteiger partial charge in [0.15, 0.2) is 5.25 Å². The Labute approximate surface area is 182 Å². The number of aliphatic imine (C=N–C) groups is 1. The summed E-state index contributed by atoms with van der Waals surface area (Å²) in [5, 5.41) is 7.17. The Hall–Kier alpha value is -2.23. The Morgan fingerprint density at radius 2 is 1.52 bits per heavy atom. The van der Waals surface area contributed by atoms with Crippen molar-refractivity contribution in [2.45, 2.75) is 22.5 Å². The molecule has 2 rings (SSSR count). The molecule has 2 aromatic carbocycles. The van der Waals surface area contributed by atoms with Gasteiger partial charge in [0.2, 0.25) is 9.84 Å². The van der Waals surface area contributed by atoms with E-state index in [1.807, 2.05) is 0 Å². The second kappa shape index (κ2) is 9.10. The molecular formula is C18H11ClF6N2O2S2. The zero-order valence-electron chi connectivity index (χ0n) is 15.3. The van der Waals surface area contributed by atoms with Gasteiger partial charge in [0.1, 0.15) is 5.04 Å². The Balaban J connectivity index is 2.64. The SMILES string of the molecule is CSC(=Nc1cc(C(F)(F)F)cc(C(F)(F)F)c1)C(C#N)S(=O)(=O)c1ccc(Cl)cc1. The van der Waals surface area contributed by atoms with Crippen molar-refractivity contribution in [3.05, 3.63) is 58.6 Å². The van der Waals surface area contributed by atoms with E-state index < -0.39 is 49.3 Å². The molecule has 31 heavy (non-hydrogen) atoms. The average molecular weight is 501 g/mol. The first kappa shape index (κ1) is 25.0. The zero-order valence-corrected chi connectivity index (χ0v) is 17.7. The van der Waals surface area contributed by atoms with Crippen LogP contribution < -0.4 is 0 Å². The lowest BCUT2D eigenvalue weighted by Gasteiger charge is -2.15. The molecular weight excluding hydrogens is 490 g/mol. The maximum Gasteiger partial charge on any atom is 0.416 e. The smallest absolute Gasteiger partial charge is 0.244 e. The fourth-order valence-electron chi connectivity index (χ4n) is 2.36. The molecule has 2 aromatic rings. The Bertz CT molecular complexity index is 1110. The van der Waals surface area contributed by atoms with E-state index in [4.69, 9.17) is 11.6 Å². The van der Waals surface area contributed by atoms with Gasteiger partial charge in [0, 0.05) is 5.02 Å². The minimum atomic E-state index is -5.10. The Kier molecular flexibility index (Phi) is 7.35. The number of hydrogen-bond acceptors (Lipinski definition) is 5. The van der Waals surface area contributed by atoms with Crippen LogP contribution in [0.2, 0.25) is 5.02 Å². The summed E-state index contributed by atoms with van der Waals surface area (Å²) in [6.45, 7) is 0. The predicted molar refractivity (Wildman–Crippen MR) is 105 cm³/mol. The molecule has 166 valence electrons. The van der Waals surface area contributed by atoms with Crippen molar-refractivity contribution in [1.29, 1.82) is 5.26 Å². The molecule has 1 atom stereocenters. The van der Waals surface area contributed by atoms with Crippen LogP contribution in [-0.2, 0) is 22.2 Å². The first-order chi connectivity index (χ1) is 14.2. The minimum absolute atomic E-state index is 0.0794. The lowest BCUT2D eigenvalue weighted by Crippen LogP contribution is -2.27. The number of benzene rings is 2. The van der Waals surface area contributed by atoms with Gasteiger partial charge in [-0.3, -0.25) is 0 Å². The molecule has 0 fully saturated rings. The molecule has 0 saturated heterocycles. The van der Waals surface area contributed by atoms with Gasteiger partial charge in [0.25, 0.3) is 0 Å². The third-order valence-corrected chi connectivity index (χ3v) is 6.84. The largest absolute Gasteiger partial charge is 0.416 e. The van der Waals surface area contributed by atoms with Gasteiger partial charge >= 0.3 is 12.4 Å². The molecule has 0 heterocycles. The number of hydrogen-bond donors (Lipinski definition) is 0. The Morgan fingerprint density at radius 3 is 1.90 bits per heavy atom. The number of nitrogens with zero attached hydrogens (tertiary/aromatic N) is 2. The minimum Gasteiger partial charge on any atom is -0.244 e. The summed E-state index contributed by atoms with van der Waals surface area (Å²) in [5.74, 6) is 0. The van der Waals surface area contributed by atoms with Crippen molar-refractivity contribution in [3.8, 4) is 6.07 Å². The quantitative estimate of drug-likeness (QED) is 0.287. The van der Waals surface area contributed by atoms with E-state index in [2.05, 4.69) is 4.99 Å². The molecule has 0 aliphatic carbocycles. The van der Waals surface area contributed by atoms with Crippen LogP contribution in [0.4, 0.5) is 32.0 Å². The van der Waals surface area contributed by atoms with Crippen LogP contribution in [0.1, 0.15) is 11.1 Å². The van der Waals surface area contributed by atoms with E-state index in [9.17, 15) is 40.0 Å². The lowest BCUT2D eigenvalue weighted by molar-refractivity contribution is -0.143. The normalized spacial score (nSPS) is 14.2. The maximum absolute atomic E-state index is 13.0. The van der Waals surface area contributed by atoms with Crippen LogP contribution in [-0.4, -0.2) is 25.0 Å². The number of rotatable bonds is 4. The molecule has 0 amide bonds. The third-order valence-electron chi connectivity index (χ3n) is 3.81. The first-order valence-corrected chi connectivity index (χ1v) is 11.2. The summed E-state index contributed by atoms with van der Waals surface area (Å²) in [6.07, 6.45) is -8.91. The van der Waals surface area contributed by atoms with E-state index >= 15 is 0 Å². The fourth-order valence-corrected chi connectivity index (χ4v) is 4.86. The fraction of sp³-hybridized carbons (Fsp3) is 0.222. The van der Waals surface area contributed by atoms with Crippen molar-refractivity contribution in [2.75, 3.05) is 6.26 Å². The number of sulfone groups is 1. The average Bonchev–Trinajstić information content (AvgIpc) is 2.66. The molecule has 0 bridgehead atoms. The second-order valence-corrected chi connectivity index (χ2v) is 9.22. The van der Waals surface area contributed by atoms with Crippen LogP contribution in [0, 0.1) is 11.3 Å². The zero-order chi connectivity index (χ0) is 23.6. The van der Waals surface area contributed by atoms with Gasteiger partial charge in [-0.2, -0.15) is 31.6 Å². The van der Waals surface area contributed by atoms with Crippen molar-refractivity contribution in [2.24, 2.45) is 4.99 Å². The summed E-state index contributed by atoms with van der Waals surface area (Å²) in [7, 11) is -4.39. The summed E-state index contributed by atoms with van der Waals surface area (Å²) in [6, 6.07) is 6.84. The van der Waals surface area contributed by atoms with E-state index in [1.165, 1.54) is 24.5 Å². The monoisotopic (exact) mass is 500 g/mol. The summed E-state index contributed by atoms with van der Waals surface area (Å²) in [4.78, 5) is 3.34. The highest BCUT2D eigenvalue weighted by atomic mass is 35.5. The maximum atomic E-state index is 13.0. The summed E-state index contributed by atoms with van der Waals surface area (Å²) < 4.78 is 104. The third kappa shape index (κ3) is 5.93. The van der Waals surface area contributed by atoms with Gasteiger partial charge in [-0.15, -0.1) is 11.8 Å². The van der Waals surface area contributed by atoms with E-state index in [1.54, 1.807) is 0 Å². The summed E-state index contributed by atoms with van der Waals surface area (Å²) >= 11 is 6.31. The Morgan fingerprint density at radius 1 is 1.03 bits per heavy atom. The molecule has 0 aliphatic rings. The molecule has 0 aliphatic heterocycles. The number of thioether (sulfide) groups is 1. The summed E-state index contributed by atoms with van der Waals surface area (Å²) in [5.41, 5.74) is -4.02. The second-order valence-electron chi connectivity index (χ2n) is 5.93. The van der Waals surface area contributed by atoms with Crippen molar-refractivity contribution >= 4 is 43.9 Å². The van der Waals surface area contributed by atoms with Crippen molar-refractivity contribution < 1.29 is 34.8 Å². The molecule has 1 unspecified atom stereocenters. The van der Waals surface area contributed by atoms with Gasteiger partial charge in [-0.1, -0.05) is 11.6 Å². The standard InChI is InChI=1S/C18H11ClF6N2O2S2/c1-30-16(15(9-26)31(28,29)14-4-2-12(19)3-5-14)27-13-7-10(17(20,21)22)6-11(8-13)18(23,24)25/h2-8,15H,1H3. The van der Waals surface area contributed by atoms with Crippen molar-refractivity contribution in [3.63, 3.8) is 0 Å². The van der Waals surface area contributed by atoms with Gasteiger partial charge in [0.05, 0.1) is 27.8 Å². The molecule has 0 aromatic heterocycles. The lowest BCUT2D eigenvalue weighted by atomic mass is 10.1. The van der Waals surface area contributed by atoms with Crippen LogP contribution in [0.25, 0.3) is 0 Å². The van der Waals surface area contributed by atoms with Gasteiger partial charge in [-0.05, 0) is 48.7 Å². The van der Waals surface area contributed by atoms with Crippen LogP contribution in [0.5, 0.6) is 0 Å². The molecule has 0 saturated carbocycles. The van der Waals surface area contributed by atoms with E-state index in [0.717, 1.165) is 12.1 Å². The number of nitriles is 1. The van der Waals surface area contributed by atoms with Crippen LogP contribution in [0.15, 0.2) is 52.4 Å². The van der Waals surface area contributed by atoms with Crippen molar-refractivity contribution in [1.82, 2.24) is 0 Å². The highest BCUT2D eigenvalue weighted by molar-refractivity contribution is 8.15.